The van der Waals surface area contributed by atoms with Crippen LogP contribution in [0, 0.1) is 5.41 Å². The molecule has 1 aliphatic rings. The lowest BCUT2D eigenvalue weighted by Crippen LogP contribution is -2.46. The second kappa shape index (κ2) is 5.38. The Balaban J connectivity index is 2.25. The second-order valence-electron chi connectivity index (χ2n) is 5.70. The van der Waals surface area contributed by atoms with Gasteiger partial charge in [0, 0.05) is 12.2 Å². The van der Waals surface area contributed by atoms with Crippen LogP contribution in [0.15, 0.2) is 23.2 Å². The van der Waals surface area contributed by atoms with E-state index in [1.165, 1.54) is 12.3 Å². The topological polar surface area (TPSA) is 59.1 Å². The fraction of sp³-hybridized carbons (Fsp3) is 0.615. The van der Waals surface area contributed by atoms with Crippen LogP contribution >= 0.6 is 11.6 Å². The van der Waals surface area contributed by atoms with Gasteiger partial charge in [-0.25, -0.2) is 18.1 Å². The predicted molar refractivity (Wildman–Crippen MR) is 75.6 cm³/mol. The Morgan fingerprint density at radius 2 is 2.16 bits per heavy atom. The molecule has 1 aromatic rings. The normalized spacial score (nSPS) is 23.2. The van der Waals surface area contributed by atoms with Crippen molar-refractivity contribution < 1.29 is 8.42 Å². The van der Waals surface area contributed by atoms with Gasteiger partial charge in [0.05, 0.1) is 0 Å². The van der Waals surface area contributed by atoms with Crippen LogP contribution in [0.25, 0.3) is 0 Å². The van der Waals surface area contributed by atoms with Crippen molar-refractivity contribution in [3.63, 3.8) is 0 Å². The van der Waals surface area contributed by atoms with Crippen molar-refractivity contribution >= 4 is 21.6 Å². The first-order chi connectivity index (χ1) is 8.83. The quantitative estimate of drug-likeness (QED) is 0.873. The molecule has 4 nitrogen and oxygen atoms in total. The molecule has 1 unspecified atom stereocenters. The maximum absolute atomic E-state index is 12.4. The van der Waals surface area contributed by atoms with Crippen LogP contribution in [0.1, 0.15) is 39.5 Å². The number of nitrogens with zero attached hydrogens (tertiary/aromatic N) is 1. The average molecular weight is 303 g/mol. The first kappa shape index (κ1) is 14.8. The minimum Gasteiger partial charge on any atom is -0.243 e. The van der Waals surface area contributed by atoms with Crippen LogP contribution in [0.4, 0.5) is 0 Å². The van der Waals surface area contributed by atoms with E-state index in [1.807, 2.05) is 0 Å². The minimum atomic E-state index is -3.61. The Labute approximate surface area is 119 Å². The van der Waals surface area contributed by atoms with E-state index >= 15 is 0 Å². The molecule has 1 N–H and O–H groups in total. The predicted octanol–water partition coefficient (Wildman–Crippen LogP) is 2.98. The first-order valence-corrected chi connectivity index (χ1v) is 8.32. The van der Waals surface area contributed by atoms with Gasteiger partial charge < -0.3 is 0 Å². The van der Waals surface area contributed by atoms with Crippen molar-refractivity contribution in [1.29, 1.82) is 0 Å². The first-order valence-electron chi connectivity index (χ1n) is 6.46. The summed E-state index contributed by atoms with van der Waals surface area (Å²) in [7, 11) is -3.61. The van der Waals surface area contributed by atoms with Crippen LogP contribution in [0.5, 0.6) is 0 Å². The van der Waals surface area contributed by atoms with Gasteiger partial charge in [-0.2, -0.15) is 0 Å². The van der Waals surface area contributed by atoms with E-state index in [0.717, 1.165) is 25.7 Å². The lowest BCUT2D eigenvalue weighted by atomic mass is 9.74. The number of hydrogen-bond donors (Lipinski definition) is 1. The molecule has 0 amide bonds. The summed E-state index contributed by atoms with van der Waals surface area (Å²) in [4.78, 5) is 3.87. The molecule has 1 atom stereocenters. The molecule has 2 rings (SSSR count). The van der Waals surface area contributed by atoms with Gasteiger partial charge in [-0.1, -0.05) is 38.3 Å². The molecule has 0 aromatic carbocycles. The third kappa shape index (κ3) is 3.27. The maximum atomic E-state index is 12.4. The van der Waals surface area contributed by atoms with Crippen LogP contribution in [0.3, 0.4) is 0 Å². The summed E-state index contributed by atoms with van der Waals surface area (Å²) in [5, 5.41) is 0.0172. The molecule has 1 aromatic heterocycles. The highest BCUT2D eigenvalue weighted by Gasteiger charge is 2.35. The zero-order chi connectivity index (χ0) is 14.1. The van der Waals surface area contributed by atoms with E-state index in [1.54, 1.807) is 6.07 Å². The van der Waals surface area contributed by atoms with Crippen molar-refractivity contribution in [3.8, 4) is 0 Å². The number of aromatic nitrogens is 1. The molecule has 1 aliphatic carbocycles. The smallest absolute Gasteiger partial charge is 0.243 e. The molecule has 0 bridgehead atoms. The second-order valence-corrected chi connectivity index (χ2v) is 7.74. The van der Waals surface area contributed by atoms with Gasteiger partial charge >= 0.3 is 0 Å². The third-order valence-corrected chi connectivity index (χ3v) is 5.74. The van der Waals surface area contributed by atoms with E-state index in [2.05, 4.69) is 23.6 Å². The summed E-state index contributed by atoms with van der Waals surface area (Å²) in [6.07, 6.45) is 5.58. The molecule has 0 spiro atoms. The van der Waals surface area contributed by atoms with E-state index in [9.17, 15) is 8.42 Å². The molecule has 106 valence electrons. The van der Waals surface area contributed by atoms with E-state index in [4.69, 9.17) is 11.6 Å². The maximum Gasteiger partial charge on any atom is 0.243 e. The highest BCUT2D eigenvalue weighted by molar-refractivity contribution is 7.89. The average Bonchev–Trinajstić information content (AvgIpc) is 2.32. The van der Waals surface area contributed by atoms with Crippen LogP contribution in [-0.4, -0.2) is 19.4 Å². The summed E-state index contributed by atoms with van der Waals surface area (Å²) in [6, 6.07) is 3.00. The Morgan fingerprint density at radius 3 is 2.79 bits per heavy atom. The molecular formula is C13H19ClN2O2S. The van der Waals surface area contributed by atoms with E-state index in [0.29, 0.717) is 0 Å². The number of pyridine rings is 1. The fourth-order valence-electron chi connectivity index (χ4n) is 2.53. The summed E-state index contributed by atoms with van der Waals surface area (Å²) in [5.74, 6) is 0. The summed E-state index contributed by atoms with van der Waals surface area (Å²) < 4.78 is 27.5. The molecular weight excluding hydrogens is 284 g/mol. The van der Waals surface area contributed by atoms with E-state index in [-0.39, 0.29) is 21.5 Å². The monoisotopic (exact) mass is 302 g/mol. The number of hydrogen-bond acceptors (Lipinski definition) is 3. The standard InChI is InChI=1S/C13H19ClN2O2S/c1-13(2)8-4-3-7-11(13)16-19(17,18)10-6-5-9-15-12(10)14/h5-6,9,11,16H,3-4,7-8H2,1-2H3. The van der Waals surface area contributed by atoms with Gasteiger partial charge in [-0.05, 0) is 30.4 Å². The molecule has 0 radical (unpaired) electrons. The largest absolute Gasteiger partial charge is 0.243 e. The zero-order valence-corrected chi connectivity index (χ0v) is 12.8. The van der Waals surface area contributed by atoms with Crippen molar-refractivity contribution in [2.24, 2.45) is 5.41 Å². The molecule has 19 heavy (non-hydrogen) atoms. The number of rotatable bonds is 3. The SMILES string of the molecule is CC1(C)CCCCC1NS(=O)(=O)c1cccnc1Cl. The van der Waals surface area contributed by atoms with Gasteiger partial charge in [0.25, 0.3) is 0 Å². The summed E-state index contributed by atoms with van der Waals surface area (Å²) in [5.41, 5.74) is -0.0278. The van der Waals surface area contributed by atoms with Crippen LogP contribution < -0.4 is 4.72 Å². The molecule has 1 heterocycles. The van der Waals surface area contributed by atoms with Gasteiger partial charge in [0.2, 0.25) is 10.0 Å². The summed E-state index contributed by atoms with van der Waals surface area (Å²) in [6.45, 7) is 4.20. The van der Waals surface area contributed by atoms with E-state index < -0.39 is 10.0 Å². The summed E-state index contributed by atoms with van der Waals surface area (Å²) >= 11 is 5.87. The zero-order valence-electron chi connectivity index (χ0n) is 11.2. The molecule has 0 aliphatic heterocycles. The Kier molecular flexibility index (Phi) is 4.18. The highest BCUT2D eigenvalue weighted by Crippen LogP contribution is 2.36. The Morgan fingerprint density at radius 1 is 1.42 bits per heavy atom. The third-order valence-electron chi connectivity index (χ3n) is 3.82. The Bertz CT molecular complexity index is 558. The number of halogens is 1. The molecule has 1 fully saturated rings. The lowest BCUT2D eigenvalue weighted by Gasteiger charge is -2.38. The van der Waals surface area contributed by atoms with Crippen molar-refractivity contribution in [3.05, 3.63) is 23.5 Å². The Hall–Kier alpha value is -0.650. The van der Waals surface area contributed by atoms with Crippen molar-refractivity contribution in [2.75, 3.05) is 0 Å². The van der Waals surface area contributed by atoms with Crippen LogP contribution in [-0.2, 0) is 10.0 Å². The van der Waals surface area contributed by atoms with Gasteiger partial charge in [0.15, 0.2) is 0 Å². The van der Waals surface area contributed by atoms with Gasteiger partial charge in [-0.3, -0.25) is 0 Å². The van der Waals surface area contributed by atoms with Gasteiger partial charge in [0.1, 0.15) is 10.0 Å². The molecule has 0 saturated heterocycles. The van der Waals surface area contributed by atoms with Gasteiger partial charge in [-0.15, -0.1) is 0 Å². The molecule has 6 heteroatoms. The number of nitrogens with one attached hydrogen (secondary N) is 1. The molecule has 1 saturated carbocycles. The highest BCUT2D eigenvalue weighted by atomic mass is 35.5. The van der Waals surface area contributed by atoms with Crippen molar-refractivity contribution in [2.45, 2.75) is 50.5 Å². The minimum absolute atomic E-state index is 0.0172. The van der Waals surface area contributed by atoms with Crippen molar-refractivity contribution in [1.82, 2.24) is 9.71 Å². The fourth-order valence-corrected chi connectivity index (χ4v) is 4.43. The van der Waals surface area contributed by atoms with Crippen LogP contribution in [0.2, 0.25) is 5.15 Å². The number of sulfonamides is 1. The lowest BCUT2D eigenvalue weighted by molar-refractivity contribution is 0.188.